The van der Waals surface area contributed by atoms with Crippen molar-refractivity contribution in [2.24, 2.45) is 0 Å². The molecule has 1 fully saturated rings. The maximum Gasteiger partial charge on any atom is 0.511 e. The normalized spacial score (nSPS) is 15.8. The third kappa shape index (κ3) is 3.53. The average Bonchev–Trinajstić information content (AvgIpc) is 2.41. The number of hydrogen-bond acceptors (Lipinski definition) is 4. The first-order valence-electron chi connectivity index (χ1n) is 6.55. The molecule has 1 aromatic carbocycles. The van der Waals surface area contributed by atoms with Crippen molar-refractivity contribution in [3.8, 4) is 11.5 Å². The van der Waals surface area contributed by atoms with Gasteiger partial charge in [-0.2, -0.15) is 0 Å². The van der Waals surface area contributed by atoms with E-state index in [9.17, 15) is 4.79 Å². The molecule has 0 bridgehead atoms. The number of anilines is 1. The number of benzene rings is 1. The van der Waals surface area contributed by atoms with E-state index in [0.29, 0.717) is 17.5 Å². The Kier molecular flexibility index (Phi) is 4.49. The number of carboxylic acid groups (broad SMARTS) is 1. The lowest BCUT2D eigenvalue weighted by atomic mass is 9.95. The summed E-state index contributed by atoms with van der Waals surface area (Å²) in [5, 5.41) is 12.2. The van der Waals surface area contributed by atoms with Crippen LogP contribution in [0.25, 0.3) is 0 Å². The first-order valence-corrected chi connectivity index (χ1v) is 6.55. The molecule has 1 aliphatic rings. The van der Waals surface area contributed by atoms with Crippen molar-refractivity contribution in [2.45, 2.75) is 38.1 Å². The first kappa shape index (κ1) is 13.5. The summed E-state index contributed by atoms with van der Waals surface area (Å²) in [7, 11) is 1.49. The standard InChI is InChI=1S/C14H19NO4/c1-18-12-9-5-8-11(13(12)19-14(16)17)15-10-6-3-2-4-7-10/h5,8-10,15H,2-4,6-7H2,1H3,(H,16,17). The number of hydrogen-bond donors (Lipinski definition) is 2. The van der Waals surface area contributed by atoms with Gasteiger partial charge in [-0.25, -0.2) is 4.79 Å². The van der Waals surface area contributed by atoms with Gasteiger partial charge in [0.1, 0.15) is 0 Å². The molecule has 0 heterocycles. The van der Waals surface area contributed by atoms with E-state index in [1.807, 2.05) is 12.1 Å². The van der Waals surface area contributed by atoms with Crippen LogP contribution in [-0.4, -0.2) is 24.4 Å². The van der Waals surface area contributed by atoms with Crippen molar-refractivity contribution in [1.29, 1.82) is 0 Å². The molecule has 0 radical (unpaired) electrons. The minimum absolute atomic E-state index is 0.239. The van der Waals surface area contributed by atoms with Crippen molar-refractivity contribution in [3.63, 3.8) is 0 Å². The van der Waals surface area contributed by atoms with Crippen LogP contribution in [0.3, 0.4) is 0 Å². The van der Waals surface area contributed by atoms with Crippen molar-refractivity contribution in [3.05, 3.63) is 18.2 Å². The summed E-state index contributed by atoms with van der Waals surface area (Å²) in [6, 6.07) is 5.69. The second-order valence-corrected chi connectivity index (χ2v) is 4.68. The quantitative estimate of drug-likeness (QED) is 0.644. The minimum atomic E-state index is -1.34. The van der Waals surface area contributed by atoms with Crippen LogP contribution in [0.4, 0.5) is 10.5 Å². The zero-order chi connectivity index (χ0) is 13.7. The second-order valence-electron chi connectivity index (χ2n) is 4.68. The molecule has 0 aliphatic heterocycles. The molecule has 5 heteroatoms. The van der Waals surface area contributed by atoms with Crippen molar-refractivity contribution in [2.75, 3.05) is 12.4 Å². The van der Waals surface area contributed by atoms with Crippen molar-refractivity contribution >= 4 is 11.8 Å². The van der Waals surface area contributed by atoms with E-state index in [0.717, 1.165) is 12.8 Å². The summed E-state index contributed by atoms with van der Waals surface area (Å²) >= 11 is 0. The van der Waals surface area contributed by atoms with Crippen LogP contribution in [0, 0.1) is 0 Å². The van der Waals surface area contributed by atoms with Crippen molar-refractivity contribution in [1.82, 2.24) is 0 Å². The molecule has 1 aromatic rings. The van der Waals surface area contributed by atoms with Gasteiger partial charge >= 0.3 is 6.16 Å². The number of carbonyl (C=O) groups is 1. The highest BCUT2D eigenvalue weighted by molar-refractivity contribution is 5.71. The fourth-order valence-corrected chi connectivity index (χ4v) is 2.45. The lowest BCUT2D eigenvalue weighted by Crippen LogP contribution is -2.23. The molecule has 0 spiro atoms. The molecule has 0 atom stereocenters. The maximum absolute atomic E-state index is 10.8. The Morgan fingerprint density at radius 1 is 1.32 bits per heavy atom. The molecule has 0 aromatic heterocycles. The number of para-hydroxylation sites is 1. The predicted octanol–water partition coefficient (Wildman–Crippen LogP) is 3.50. The lowest BCUT2D eigenvalue weighted by Gasteiger charge is -2.25. The molecule has 104 valence electrons. The molecule has 5 nitrogen and oxygen atoms in total. The van der Waals surface area contributed by atoms with E-state index < -0.39 is 6.16 Å². The van der Waals surface area contributed by atoms with Gasteiger partial charge in [0.05, 0.1) is 12.8 Å². The van der Waals surface area contributed by atoms with Gasteiger partial charge in [-0.1, -0.05) is 25.3 Å². The highest BCUT2D eigenvalue weighted by Gasteiger charge is 2.18. The molecule has 2 rings (SSSR count). The smallest absolute Gasteiger partial charge is 0.493 e. The molecule has 0 saturated heterocycles. The Morgan fingerprint density at radius 2 is 2.05 bits per heavy atom. The summed E-state index contributed by atoms with van der Waals surface area (Å²) in [5.41, 5.74) is 0.675. The first-order chi connectivity index (χ1) is 9.20. The summed E-state index contributed by atoms with van der Waals surface area (Å²) in [6.45, 7) is 0. The van der Waals surface area contributed by atoms with Gasteiger partial charge in [-0.05, 0) is 25.0 Å². The molecule has 0 unspecified atom stereocenters. The number of rotatable bonds is 4. The fraction of sp³-hybridized carbons (Fsp3) is 0.500. The van der Waals surface area contributed by atoms with Gasteiger partial charge in [0.15, 0.2) is 11.5 Å². The SMILES string of the molecule is COc1cccc(NC2CCCCC2)c1OC(=O)O. The van der Waals surface area contributed by atoms with Gasteiger partial charge in [0.2, 0.25) is 0 Å². The van der Waals surface area contributed by atoms with Gasteiger partial charge in [0.25, 0.3) is 0 Å². The highest BCUT2D eigenvalue weighted by atomic mass is 16.7. The number of nitrogens with one attached hydrogen (secondary N) is 1. The highest BCUT2D eigenvalue weighted by Crippen LogP contribution is 2.36. The van der Waals surface area contributed by atoms with Crippen LogP contribution in [0.15, 0.2) is 18.2 Å². The van der Waals surface area contributed by atoms with Crippen molar-refractivity contribution < 1.29 is 19.4 Å². The van der Waals surface area contributed by atoms with E-state index >= 15 is 0 Å². The van der Waals surface area contributed by atoms with E-state index in [-0.39, 0.29) is 5.75 Å². The van der Waals surface area contributed by atoms with Gasteiger partial charge in [0, 0.05) is 6.04 Å². The van der Waals surface area contributed by atoms with Crippen LogP contribution in [0.2, 0.25) is 0 Å². The Labute approximate surface area is 112 Å². The summed E-state index contributed by atoms with van der Waals surface area (Å²) in [5.74, 6) is 0.659. The minimum Gasteiger partial charge on any atom is -0.493 e. The average molecular weight is 265 g/mol. The lowest BCUT2D eigenvalue weighted by molar-refractivity contribution is 0.143. The van der Waals surface area contributed by atoms with E-state index in [4.69, 9.17) is 14.6 Å². The molecule has 0 amide bonds. The molecule has 2 N–H and O–H groups in total. The molecular formula is C14H19NO4. The largest absolute Gasteiger partial charge is 0.511 e. The number of ether oxygens (including phenoxy) is 2. The Morgan fingerprint density at radius 3 is 2.68 bits per heavy atom. The van der Waals surface area contributed by atoms with E-state index in [2.05, 4.69) is 5.32 Å². The summed E-state index contributed by atoms with van der Waals surface area (Å²) in [6.07, 6.45) is 4.55. The van der Waals surface area contributed by atoms with Crippen LogP contribution in [-0.2, 0) is 0 Å². The predicted molar refractivity (Wildman–Crippen MR) is 72.1 cm³/mol. The third-order valence-electron chi connectivity index (χ3n) is 3.35. The fourth-order valence-electron chi connectivity index (χ4n) is 2.45. The summed E-state index contributed by atoms with van der Waals surface area (Å²) < 4.78 is 9.99. The van der Waals surface area contributed by atoms with Gasteiger partial charge < -0.3 is 19.9 Å². The molecule has 19 heavy (non-hydrogen) atoms. The second kappa shape index (κ2) is 6.31. The summed E-state index contributed by atoms with van der Waals surface area (Å²) in [4.78, 5) is 10.8. The van der Waals surface area contributed by atoms with Crippen LogP contribution in [0.1, 0.15) is 32.1 Å². The topological polar surface area (TPSA) is 67.8 Å². The maximum atomic E-state index is 10.8. The monoisotopic (exact) mass is 265 g/mol. The van der Waals surface area contributed by atoms with Gasteiger partial charge in [-0.3, -0.25) is 0 Å². The zero-order valence-corrected chi connectivity index (χ0v) is 11.0. The number of methoxy groups -OCH3 is 1. The molecule has 1 saturated carbocycles. The van der Waals surface area contributed by atoms with Gasteiger partial charge in [-0.15, -0.1) is 0 Å². The molecule has 1 aliphatic carbocycles. The van der Waals surface area contributed by atoms with Crippen LogP contribution < -0.4 is 14.8 Å². The molecular weight excluding hydrogens is 246 g/mol. The van der Waals surface area contributed by atoms with Crippen LogP contribution in [0.5, 0.6) is 11.5 Å². The van der Waals surface area contributed by atoms with E-state index in [1.54, 1.807) is 6.07 Å². The van der Waals surface area contributed by atoms with E-state index in [1.165, 1.54) is 26.4 Å². The third-order valence-corrected chi connectivity index (χ3v) is 3.35. The Bertz CT molecular complexity index is 441. The Hall–Kier alpha value is -1.91. The van der Waals surface area contributed by atoms with Crippen LogP contribution >= 0.6 is 0 Å². The zero-order valence-electron chi connectivity index (χ0n) is 11.0. The Balaban J connectivity index is 2.19.